The lowest BCUT2D eigenvalue weighted by molar-refractivity contribution is -0.118. The number of hydrogen-bond donors (Lipinski definition) is 1. The molecule has 1 N–H and O–H groups in total. The number of ether oxygens (including phenoxy) is 1. The number of anilines is 1. The van der Waals surface area contributed by atoms with Crippen molar-refractivity contribution in [3.8, 4) is 17.0 Å². The molecule has 0 saturated heterocycles. The van der Waals surface area contributed by atoms with Gasteiger partial charge in [0.25, 0.3) is 5.91 Å². The van der Waals surface area contributed by atoms with Crippen LogP contribution in [0.25, 0.3) is 22.2 Å². The van der Waals surface area contributed by atoms with E-state index in [1.54, 1.807) is 23.7 Å². The molecule has 2 aromatic carbocycles. The zero-order chi connectivity index (χ0) is 20.4. The Labute approximate surface area is 186 Å². The van der Waals surface area contributed by atoms with Crippen molar-refractivity contribution in [2.75, 3.05) is 11.9 Å². The van der Waals surface area contributed by atoms with E-state index < -0.39 is 0 Å². The van der Waals surface area contributed by atoms with E-state index in [1.807, 2.05) is 18.2 Å². The molecule has 4 rings (SSSR count). The SMILES string of the molecule is O=C(COc1c(Br)cc(Br)c2cccnc12)Nc1nc(-c2ccc(F)cc2)cs1. The van der Waals surface area contributed by atoms with Crippen LogP contribution in [0.5, 0.6) is 5.75 Å². The van der Waals surface area contributed by atoms with Gasteiger partial charge in [0.1, 0.15) is 11.3 Å². The molecule has 146 valence electrons. The third-order valence-corrected chi connectivity index (χ3v) is 5.99. The van der Waals surface area contributed by atoms with Gasteiger partial charge >= 0.3 is 0 Å². The fourth-order valence-electron chi connectivity index (χ4n) is 2.66. The highest BCUT2D eigenvalue weighted by Gasteiger charge is 2.14. The molecule has 0 unspecified atom stereocenters. The Morgan fingerprint density at radius 3 is 2.76 bits per heavy atom. The second-order valence-electron chi connectivity index (χ2n) is 5.95. The van der Waals surface area contributed by atoms with Crippen molar-refractivity contribution < 1.29 is 13.9 Å². The maximum Gasteiger partial charge on any atom is 0.264 e. The molecule has 2 heterocycles. The lowest BCUT2D eigenvalue weighted by Crippen LogP contribution is -2.20. The summed E-state index contributed by atoms with van der Waals surface area (Å²) in [6.07, 6.45) is 1.67. The molecule has 4 aromatic rings. The lowest BCUT2D eigenvalue weighted by Gasteiger charge is -2.11. The van der Waals surface area contributed by atoms with Crippen LogP contribution in [0.3, 0.4) is 0 Å². The smallest absolute Gasteiger partial charge is 0.264 e. The van der Waals surface area contributed by atoms with Crippen LogP contribution in [0, 0.1) is 5.82 Å². The van der Waals surface area contributed by atoms with E-state index >= 15 is 0 Å². The molecule has 0 radical (unpaired) electrons. The number of aromatic nitrogens is 2. The number of nitrogens with one attached hydrogen (secondary N) is 1. The Kier molecular flexibility index (Phi) is 5.89. The quantitative estimate of drug-likeness (QED) is 0.338. The van der Waals surface area contributed by atoms with Crippen LogP contribution in [-0.4, -0.2) is 22.5 Å². The van der Waals surface area contributed by atoms with Gasteiger partial charge < -0.3 is 4.74 Å². The Bertz CT molecular complexity index is 1200. The predicted molar refractivity (Wildman–Crippen MR) is 119 cm³/mol. The van der Waals surface area contributed by atoms with Crippen molar-refractivity contribution in [2.45, 2.75) is 0 Å². The first-order valence-electron chi connectivity index (χ1n) is 8.38. The molecule has 0 spiro atoms. The average Bonchev–Trinajstić information content (AvgIpc) is 3.16. The number of carbonyl (C=O) groups excluding carboxylic acids is 1. The normalized spacial score (nSPS) is 10.9. The van der Waals surface area contributed by atoms with Crippen LogP contribution in [0.4, 0.5) is 9.52 Å². The van der Waals surface area contributed by atoms with Gasteiger partial charge in [0.15, 0.2) is 17.5 Å². The first-order valence-corrected chi connectivity index (χ1v) is 10.8. The van der Waals surface area contributed by atoms with E-state index in [9.17, 15) is 9.18 Å². The van der Waals surface area contributed by atoms with Crippen LogP contribution in [0.1, 0.15) is 0 Å². The molecular weight excluding hydrogens is 525 g/mol. The van der Waals surface area contributed by atoms with Gasteiger partial charge in [0, 0.05) is 27.0 Å². The highest BCUT2D eigenvalue weighted by atomic mass is 79.9. The number of thiazole rings is 1. The minimum Gasteiger partial charge on any atom is -0.480 e. The molecule has 29 heavy (non-hydrogen) atoms. The third-order valence-electron chi connectivity index (χ3n) is 3.99. The van der Waals surface area contributed by atoms with Crippen molar-refractivity contribution in [3.63, 3.8) is 0 Å². The minimum atomic E-state index is -0.344. The summed E-state index contributed by atoms with van der Waals surface area (Å²) >= 11 is 8.24. The molecule has 0 bridgehead atoms. The Morgan fingerprint density at radius 1 is 1.17 bits per heavy atom. The van der Waals surface area contributed by atoms with Crippen LogP contribution in [-0.2, 0) is 4.79 Å². The van der Waals surface area contributed by atoms with Crippen molar-refractivity contribution in [1.29, 1.82) is 0 Å². The number of pyridine rings is 1. The van der Waals surface area contributed by atoms with Crippen molar-refractivity contribution in [2.24, 2.45) is 0 Å². The maximum atomic E-state index is 13.1. The number of benzene rings is 2. The number of carbonyl (C=O) groups is 1. The molecular formula is C20H12Br2FN3O2S. The molecule has 0 aliphatic rings. The van der Waals surface area contributed by atoms with Gasteiger partial charge in [-0.25, -0.2) is 9.37 Å². The van der Waals surface area contributed by atoms with Crippen molar-refractivity contribution in [3.05, 3.63) is 68.8 Å². The molecule has 5 nitrogen and oxygen atoms in total. The van der Waals surface area contributed by atoms with E-state index in [0.717, 1.165) is 15.4 Å². The van der Waals surface area contributed by atoms with Crippen molar-refractivity contribution in [1.82, 2.24) is 9.97 Å². The number of nitrogens with zero attached hydrogens (tertiary/aromatic N) is 2. The van der Waals surface area contributed by atoms with Gasteiger partial charge in [-0.15, -0.1) is 11.3 Å². The first kappa shape index (κ1) is 19.9. The summed E-state index contributed by atoms with van der Waals surface area (Å²) in [6, 6.07) is 11.6. The Morgan fingerprint density at radius 2 is 1.97 bits per heavy atom. The molecule has 0 saturated carbocycles. The molecule has 9 heteroatoms. The van der Waals surface area contributed by atoms with Crippen LogP contribution in [0.2, 0.25) is 0 Å². The summed E-state index contributed by atoms with van der Waals surface area (Å²) in [5.41, 5.74) is 2.09. The van der Waals surface area contributed by atoms with Crippen LogP contribution in [0.15, 0.2) is 63.0 Å². The highest BCUT2D eigenvalue weighted by molar-refractivity contribution is 9.11. The fourth-order valence-corrected chi connectivity index (χ4v) is 4.78. The number of rotatable bonds is 5. The summed E-state index contributed by atoms with van der Waals surface area (Å²) < 4.78 is 20.4. The highest BCUT2D eigenvalue weighted by Crippen LogP contribution is 2.37. The summed E-state index contributed by atoms with van der Waals surface area (Å²) in [6.45, 7) is -0.197. The van der Waals surface area contributed by atoms with E-state index in [4.69, 9.17) is 4.74 Å². The minimum absolute atomic E-state index is 0.197. The van der Waals surface area contributed by atoms with E-state index in [1.165, 1.54) is 23.5 Å². The monoisotopic (exact) mass is 535 g/mol. The topological polar surface area (TPSA) is 64.1 Å². The van der Waals surface area contributed by atoms with Crippen LogP contribution >= 0.6 is 43.2 Å². The maximum absolute atomic E-state index is 13.1. The van der Waals surface area contributed by atoms with Gasteiger partial charge in [-0.05, 0) is 52.3 Å². The largest absolute Gasteiger partial charge is 0.480 e. The van der Waals surface area contributed by atoms with Gasteiger partial charge in [0.2, 0.25) is 0 Å². The van der Waals surface area contributed by atoms with E-state index in [2.05, 4.69) is 47.1 Å². The first-order chi connectivity index (χ1) is 14.0. The van der Waals surface area contributed by atoms with Gasteiger partial charge in [0.05, 0.1) is 10.2 Å². The van der Waals surface area contributed by atoms with Gasteiger partial charge in [-0.2, -0.15) is 0 Å². The molecule has 0 atom stereocenters. The van der Waals surface area contributed by atoms with E-state index in [0.29, 0.717) is 26.6 Å². The average molecular weight is 537 g/mol. The second-order valence-corrected chi connectivity index (χ2v) is 8.52. The second kappa shape index (κ2) is 8.56. The fraction of sp³-hybridized carbons (Fsp3) is 0.0500. The van der Waals surface area contributed by atoms with Crippen LogP contribution < -0.4 is 10.1 Å². The molecule has 0 aliphatic carbocycles. The third kappa shape index (κ3) is 4.47. The summed E-state index contributed by atoms with van der Waals surface area (Å²) in [7, 11) is 0. The number of halogens is 3. The number of amides is 1. The van der Waals surface area contributed by atoms with E-state index in [-0.39, 0.29) is 18.3 Å². The summed E-state index contributed by atoms with van der Waals surface area (Å²) in [4.78, 5) is 21.0. The summed E-state index contributed by atoms with van der Waals surface area (Å²) in [5, 5.41) is 5.84. The summed E-state index contributed by atoms with van der Waals surface area (Å²) in [5.74, 6) is -0.162. The lowest BCUT2D eigenvalue weighted by atomic mass is 10.2. The molecule has 1 amide bonds. The molecule has 0 aliphatic heterocycles. The molecule has 0 fully saturated rings. The zero-order valence-corrected chi connectivity index (χ0v) is 18.6. The van der Waals surface area contributed by atoms with Gasteiger partial charge in [-0.1, -0.05) is 22.0 Å². The zero-order valence-electron chi connectivity index (χ0n) is 14.7. The predicted octanol–water partition coefficient (Wildman–Crippen LogP) is 6.04. The Hall–Kier alpha value is -2.36. The van der Waals surface area contributed by atoms with Gasteiger partial charge in [-0.3, -0.25) is 15.1 Å². The molecule has 2 aromatic heterocycles. The Balaban J connectivity index is 1.45. The number of hydrogen-bond acceptors (Lipinski definition) is 5. The standard InChI is InChI=1S/C20H12Br2FN3O2S/c21-14-8-15(22)19(18-13(14)2-1-7-24-18)28-9-17(27)26-20-25-16(10-29-20)11-3-5-12(23)6-4-11/h1-8,10H,9H2,(H,25,26,27). The van der Waals surface area contributed by atoms with Crippen molar-refractivity contribution >= 4 is 65.1 Å². The number of fused-ring (bicyclic) bond motifs is 1.